The SMILES string of the molecule is CCC(C)CP(I)(CCC(C)C)(CC(C)CC)CC(C)CC. The second-order valence-corrected chi connectivity index (χ2v) is 22.2. The first-order valence-corrected chi connectivity index (χ1v) is 15.6. The summed E-state index contributed by atoms with van der Waals surface area (Å²) in [5.74, 6) is 3.54. The van der Waals surface area contributed by atoms with Crippen LogP contribution in [0.2, 0.25) is 0 Å². The molecule has 3 atom stereocenters. The van der Waals surface area contributed by atoms with Gasteiger partial charge in [0.2, 0.25) is 0 Å². The third-order valence-electron chi connectivity index (χ3n) is 5.66. The average Bonchev–Trinajstić information content (AvgIpc) is 2.44. The van der Waals surface area contributed by atoms with Gasteiger partial charge in [0.25, 0.3) is 0 Å². The van der Waals surface area contributed by atoms with Crippen molar-refractivity contribution in [3.8, 4) is 0 Å². The van der Waals surface area contributed by atoms with Crippen LogP contribution in [0.1, 0.15) is 81.1 Å². The molecule has 0 rings (SSSR count). The van der Waals surface area contributed by atoms with Crippen LogP contribution in [0.3, 0.4) is 0 Å². The van der Waals surface area contributed by atoms with Crippen LogP contribution in [0.15, 0.2) is 0 Å². The van der Waals surface area contributed by atoms with Crippen LogP contribution in [0.25, 0.3) is 0 Å². The van der Waals surface area contributed by atoms with Gasteiger partial charge in [-0.15, -0.1) is 0 Å². The molecule has 0 nitrogen and oxygen atoms in total. The summed E-state index contributed by atoms with van der Waals surface area (Å²) in [4.78, 5) is 0. The van der Waals surface area contributed by atoms with Crippen LogP contribution in [0, 0.1) is 23.7 Å². The summed E-state index contributed by atoms with van der Waals surface area (Å²) < 4.78 is -1.63. The minimum atomic E-state index is -1.63. The normalized spacial score (nSPS) is 18.7. The Kier molecular flexibility index (Phi) is 10.8. The Hall–Kier alpha value is 1.16. The quantitative estimate of drug-likeness (QED) is 0.212. The third kappa shape index (κ3) is 8.32. The van der Waals surface area contributed by atoms with Gasteiger partial charge >= 0.3 is 156 Å². The average molecular weight is 442 g/mol. The Morgan fingerprint density at radius 1 is 0.682 bits per heavy atom. The topological polar surface area (TPSA) is 0 Å². The fourth-order valence-electron chi connectivity index (χ4n) is 3.80. The first-order chi connectivity index (χ1) is 10.1. The molecular formula is C20H44IP. The second-order valence-electron chi connectivity index (χ2n) is 8.81. The van der Waals surface area contributed by atoms with Crippen LogP contribution >= 0.6 is 26.3 Å². The molecule has 0 radical (unpaired) electrons. The summed E-state index contributed by atoms with van der Waals surface area (Å²) in [5.41, 5.74) is 0. The number of hydrogen-bond acceptors (Lipinski definition) is 0. The zero-order valence-corrected chi connectivity index (χ0v) is 19.8. The van der Waals surface area contributed by atoms with Crippen LogP contribution in [-0.2, 0) is 0 Å². The molecule has 0 amide bonds. The molecule has 0 aliphatic rings. The van der Waals surface area contributed by atoms with E-state index in [2.05, 4.69) is 77.4 Å². The van der Waals surface area contributed by atoms with Crippen molar-refractivity contribution in [3.05, 3.63) is 0 Å². The molecule has 0 saturated carbocycles. The van der Waals surface area contributed by atoms with E-state index >= 15 is 0 Å². The fraction of sp³-hybridized carbons (Fsp3) is 1.00. The van der Waals surface area contributed by atoms with Gasteiger partial charge in [-0.3, -0.25) is 0 Å². The maximum atomic E-state index is 3.09. The van der Waals surface area contributed by atoms with Crippen molar-refractivity contribution in [3.63, 3.8) is 0 Å². The Bertz CT molecular complexity index is 266. The summed E-state index contributed by atoms with van der Waals surface area (Å²) in [7, 11) is 0. The zero-order valence-electron chi connectivity index (χ0n) is 16.8. The van der Waals surface area contributed by atoms with Gasteiger partial charge in [0.1, 0.15) is 0 Å². The molecule has 0 spiro atoms. The third-order valence-corrected chi connectivity index (χ3v) is 16.6. The van der Waals surface area contributed by atoms with Crippen molar-refractivity contribution in [1.29, 1.82) is 0 Å². The van der Waals surface area contributed by atoms with Crippen molar-refractivity contribution in [2.24, 2.45) is 23.7 Å². The summed E-state index contributed by atoms with van der Waals surface area (Å²) in [5, 5.41) is 0. The zero-order chi connectivity index (χ0) is 17.4. The van der Waals surface area contributed by atoms with E-state index in [-0.39, 0.29) is 0 Å². The molecule has 0 fully saturated rings. The van der Waals surface area contributed by atoms with Gasteiger partial charge < -0.3 is 0 Å². The van der Waals surface area contributed by atoms with E-state index in [4.69, 9.17) is 0 Å². The van der Waals surface area contributed by atoms with Crippen molar-refractivity contribution < 1.29 is 0 Å². The Morgan fingerprint density at radius 3 is 1.23 bits per heavy atom. The van der Waals surface area contributed by atoms with Crippen LogP contribution in [-0.4, -0.2) is 24.6 Å². The van der Waals surface area contributed by atoms with Gasteiger partial charge in [-0.1, -0.05) is 0 Å². The van der Waals surface area contributed by atoms with E-state index in [9.17, 15) is 0 Å². The van der Waals surface area contributed by atoms with E-state index < -0.39 is 4.25 Å². The number of hydrogen-bond donors (Lipinski definition) is 0. The van der Waals surface area contributed by atoms with Gasteiger partial charge in [0.15, 0.2) is 0 Å². The van der Waals surface area contributed by atoms with E-state index in [1.165, 1.54) is 50.3 Å². The van der Waals surface area contributed by atoms with Crippen LogP contribution in [0.4, 0.5) is 0 Å². The molecule has 0 aromatic heterocycles. The van der Waals surface area contributed by atoms with E-state index in [0.29, 0.717) is 0 Å². The van der Waals surface area contributed by atoms with E-state index in [1.54, 1.807) is 0 Å². The summed E-state index contributed by atoms with van der Waals surface area (Å²) >= 11 is 3.09. The van der Waals surface area contributed by atoms with Crippen LogP contribution < -0.4 is 0 Å². The van der Waals surface area contributed by atoms with Crippen molar-refractivity contribution in [2.75, 3.05) is 24.6 Å². The monoisotopic (exact) mass is 442 g/mol. The molecule has 22 heavy (non-hydrogen) atoms. The number of rotatable bonds is 12. The molecule has 0 aromatic carbocycles. The second kappa shape index (κ2) is 10.2. The molecule has 3 unspecified atom stereocenters. The first kappa shape index (κ1) is 23.2. The molecule has 0 aromatic rings. The molecule has 136 valence electrons. The van der Waals surface area contributed by atoms with Gasteiger partial charge in [-0.05, 0) is 0 Å². The predicted molar refractivity (Wildman–Crippen MR) is 118 cm³/mol. The molecule has 0 heterocycles. The molecule has 0 N–H and O–H groups in total. The Morgan fingerprint density at radius 2 is 1.00 bits per heavy atom. The molecule has 2 heteroatoms. The summed E-state index contributed by atoms with van der Waals surface area (Å²) in [6.45, 7) is 19.5. The Labute approximate surface area is 155 Å². The Balaban J connectivity index is 5.53. The van der Waals surface area contributed by atoms with E-state index in [0.717, 1.165) is 23.7 Å². The van der Waals surface area contributed by atoms with Crippen molar-refractivity contribution >= 4 is 26.3 Å². The maximum absolute atomic E-state index is 3.09. The minimum absolute atomic E-state index is 0.849. The van der Waals surface area contributed by atoms with Crippen LogP contribution in [0.5, 0.6) is 0 Å². The molecule has 0 aliphatic heterocycles. The molecular weight excluding hydrogens is 398 g/mol. The van der Waals surface area contributed by atoms with Gasteiger partial charge in [-0.2, -0.15) is 0 Å². The summed E-state index contributed by atoms with van der Waals surface area (Å²) in [6, 6.07) is 0. The molecule has 0 aliphatic carbocycles. The van der Waals surface area contributed by atoms with Gasteiger partial charge in [-0.25, -0.2) is 0 Å². The predicted octanol–water partition coefficient (Wildman–Crippen LogP) is 8.07. The van der Waals surface area contributed by atoms with Crippen molar-refractivity contribution in [2.45, 2.75) is 81.1 Å². The summed E-state index contributed by atoms with van der Waals surface area (Å²) in [6.07, 6.45) is 11.6. The molecule has 0 saturated heterocycles. The number of halogens is 1. The molecule has 0 bridgehead atoms. The van der Waals surface area contributed by atoms with Gasteiger partial charge in [0.05, 0.1) is 0 Å². The van der Waals surface area contributed by atoms with E-state index in [1.807, 2.05) is 0 Å². The standard InChI is InChI=1S/C20H44IP/c1-9-18(6)14-22(21,13-12-17(4)5,15-19(7)10-2)16-20(8)11-3/h17-20H,9-16H2,1-8H3. The van der Waals surface area contributed by atoms with Crippen molar-refractivity contribution in [1.82, 2.24) is 0 Å². The first-order valence-electron chi connectivity index (χ1n) is 9.80. The van der Waals surface area contributed by atoms with Gasteiger partial charge in [0, 0.05) is 0 Å². The fourth-order valence-corrected chi connectivity index (χ4v) is 18.3.